The average Bonchev–Trinajstić information content (AvgIpc) is 2.12. The minimum absolute atomic E-state index is 0.0156. The first-order valence-corrected chi connectivity index (χ1v) is 4.48. The summed E-state index contributed by atoms with van der Waals surface area (Å²) in [5.41, 5.74) is -0.166. The summed E-state index contributed by atoms with van der Waals surface area (Å²) in [5.74, 6) is 0. The monoisotopic (exact) mass is 169 g/mol. The molecule has 1 saturated heterocycles. The molecule has 0 aromatic heterocycles. The Bertz CT molecular complexity index is 208. The molecule has 0 aromatic rings. The van der Waals surface area contributed by atoms with Crippen LogP contribution in [-0.4, -0.2) is 18.4 Å². The molecule has 2 heteroatoms. The fourth-order valence-electron chi connectivity index (χ4n) is 1.74. The highest BCUT2D eigenvalue weighted by molar-refractivity contribution is 5.66. The maximum atomic E-state index is 11.0. The first-order valence-electron chi connectivity index (χ1n) is 4.48. The molecule has 1 atom stereocenters. The van der Waals surface area contributed by atoms with Crippen LogP contribution < -0.4 is 5.32 Å². The van der Waals surface area contributed by atoms with Crippen molar-refractivity contribution in [1.82, 2.24) is 5.32 Å². The third-order valence-electron chi connectivity index (χ3n) is 4.12. The van der Waals surface area contributed by atoms with E-state index in [0.717, 1.165) is 12.8 Å². The lowest BCUT2D eigenvalue weighted by Gasteiger charge is -2.41. The first-order chi connectivity index (χ1) is 5.27. The van der Waals surface area contributed by atoms with E-state index < -0.39 is 0 Å². The summed E-state index contributed by atoms with van der Waals surface area (Å²) in [6.07, 6.45) is 1.04. The van der Waals surface area contributed by atoms with E-state index in [0.29, 0.717) is 0 Å². The second-order valence-corrected chi connectivity index (χ2v) is 5.18. The van der Waals surface area contributed by atoms with Crippen molar-refractivity contribution in [3.05, 3.63) is 0 Å². The molecule has 0 saturated carbocycles. The van der Waals surface area contributed by atoms with Gasteiger partial charge in [0, 0.05) is 6.54 Å². The second kappa shape index (κ2) is 2.32. The minimum atomic E-state index is -0.365. The standard InChI is InChI=1S/C10H19NO/c1-8(2)6-11-10(5,7-12)9(8,3)4/h7,11H,6H2,1-5H3. The Balaban J connectivity index is 3.08. The summed E-state index contributed by atoms with van der Waals surface area (Å²) < 4.78 is 0. The van der Waals surface area contributed by atoms with Gasteiger partial charge >= 0.3 is 0 Å². The highest BCUT2D eigenvalue weighted by Crippen LogP contribution is 2.49. The summed E-state index contributed by atoms with van der Waals surface area (Å²) in [6.45, 7) is 11.6. The molecule has 0 amide bonds. The summed E-state index contributed by atoms with van der Waals surface area (Å²) >= 11 is 0. The van der Waals surface area contributed by atoms with Crippen molar-refractivity contribution >= 4 is 6.29 Å². The number of hydrogen-bond donors (Lipinski definition) is 1. The van der Waals surface area contributed by atoms with Gasteiger partial charge in [0.15, 0.2) is 0 Å². The predicted molar refractivity (Wildman–Crippen MR) is 50.0 cm³/mol. The molecule has 0 bridgehead atoms. The molecule has 0 spiro atoms. The molecule has 12 heavy (non-hydrogen) atoms. The third-order valence-corrected chi connectivity index (χ3v) is 4.12. The number of aldehydes is 1. The van der Waals surface area contributed by atoms with E-state index >= 15 is 0 Å². The highest BCUT2D eigenvalue weighted by Gasteiger charge is 2.55. The highest BCUT2D eigenvalue weighted by atomic mass is 16.1. The van der Waals surface area contributed by atoms with Gasteiger partial charge in [-0.05, 0) is 17.8 Å². The Labute approximate surface area is 74.7 Å². The van der Waals surface area contributed by atoms with Crippen LogP contribution >= 0.6 is 0 Å². The molecule has 1 N–H and O–H groups in total. The van der Waals surface area contributed by atoms with Gasteiger partial charge in [-0.3, -0.25) is 0 Å². The van der Waals surface area contributed by atoms with Crippen LogP contribution in [0.15, 0.2) is 0 Å². The van der Waals surface area contributed by atoms with Gasteiger partial charge < -0.3 is 10.1 Å². The van der Waals surface area contributed by atoms with Crippen molar-refractivity contribution in [2.75, 3.05) is 6.54 Å². The summed E-state index contributed by atoms with van der Waals surface area (Å²) in [7, 11) is 0. The lowest BCUT2D eigenvalue weighted by Crippen LogP contribution is -2.50. The first kappa shape index (κ1) is 9.72. The number of hydrogen-bond acceptors (Lipinski definition) is 2. The quantitative estimate of drug-likeness (QED) is 0.604. The molecule has 0 radical (unpaired) electrons. The number of nitrogens with one attached hydrogen (secondary N) is 1. The fourth-order valence-corrected chi connectivity index (χ4v) is 1.74. The topological polar surface area (TPSA) is 29.1 Å². The number of carbonyl (C=O) groups excluding carboxylic acids is 1. The lowest BCUT2D eigenvalue weighted by atomic mass is 9.62. The zero-order valence-corrected chi connectivity index (χ0v) is 8.69. The summed E-state index contributed by atoms with van der Waals surface area (Å²) in [5, 5.41) is 3.30. The van der Waals surface area contributed by atoms with Crippen molar-refractivity contribution in [3.63, 3.8) is 0 Å². The van der Waals surface area contributed by atoms with Gasteiger partial charge in [0.2, 0.25) is 0 Å². The average molecular weight is 169 g/mol. The molecule has 0 aromatic carbocycles. The van der Waals surface area contributed by atoms with Crippen molar-refractivity contribution in [2.24, 2.45) is 10.8 Å². The van der Waals surface area contributed by atoms with Crippen molar-refractivity contribution in [1.29, 1.82) is 0 Å². The van der Waals surface area contributed by atoms with Crippen LogP contribution in [0.4, 0.5) is 0 Å². The van der Waals surface area contributed by atoms with E-state index in [1.807, 2.05) is 6.92 Å². The molecular weight excluding hydrogens is 150 g/mol. The molecule has 1 heterocycles. The van der Waals surface area contributed by atoms with Crippen LogP contribution in [0.5, 0.6) is 0 Å². The van der Waals surface area contributed by atoms with Crippen molar-refractivity contribution in [2.45, 2.75) is 40.2 Å². The molecular formula is C10H19NO. The number of rotatable bonds is 1. The smallest absolute Gasteiger partial charge is 0.140 e. The van der Waals surface area contributed by atoms with E-state index in [-0.39, 0.29) is 16.4 Å². The molecule has 1 rings (SSSR count). The van der Waals surface area contributed by atoms with E-state index in [1.54, 1.807) is 0 Å². The van der Waals surface area contributed by atoms with Crippen LogP contribution in [0.1, 0.15) is 34.6 Å². The molecule has 1 fully saturated rings. The van der Waals surface area contributed by atoms with E-state index in [4.69, 9.17) is 0 Å². The largest absolute Gasteiger partial charge is 0.304 e. The van der Waals surface area contributed by atoms with Gasteiger partial charge in [-0.25, -0.2) is 0 Å². The fraction of sp³-hybridized carbons (Fsp3) is 0.900. The zero-order valence-electron chi connectivity index (χ0n) is 8.69. The normalized spacial score (nSPS) is 38.1. The molecule has 1 aliphatic heterocycles. The van der Waals surface area contributed by atoms with Gasteiger partial charge in [0.25, 0.3) is 0 Å². The maximum absolute atomic E-state index is 11.0. The minimum Gasteiger partial charge on any atom is -0.304 e. The van der Waals surface area contributed by atoms with Crippen LogP contribution in [0.3, 0.4) is 0 Å². The molecule has 0 aliphatic carbocycles. The van der Waals surface area contributed by atoms with Gasteiger partial charge in [-0.1, -0.05) is 27.7 Å². The molecule has 1 unspecified atom stereocenters. The maximum Gasteiger partial charge on any atom is 0.140 e. The summed E-state index contributed by atoms with van der Waals surface area (Å²) in [4.78, 5) is 11.0. The van der Waals surface area contributed by atoms with Crippen LogP contribution in [0.2, 0.25) is 0 Å². The van der Waals surface area contributed by atoms with Crippen LogP contribution in [0.25, 0.3) is 0 Å². The van der Waals surface area contributed by atoms with E-state index in [9.17, 15) is 4.79 Å². The van der Waals surface area contributed by atoms with E-state index in [2.05, 4.69) is 33.0 Å². The van der Waals surface area contributed by atoms with Crippen molar-refractivity contribution < 1.29 is 4.79 Å². The summed E-state index contributed by atoms with van der Waals surface area (Å²) in [6, 6.07) is 0. The Morgan fingerprint density at radius 1 is 1.17 bits per heavy atom. The molecule has 70 valence electrons. The lowest BCUT2D eigenvalue weighted by molar-refractivity contribution is -0.116. The van der Waals surface area contributed by atoms with Gasteiger partial charge in [0.05, 0.1) is 5.54 Å². The Kier molecular flexibility index (Phi) is 1.88. The van der Waals surface area contributed by atoms with Gasteiger partial charge in [0.1, 0.15) is 6.29 Å². The Morgan fingerprint density at radius 2 is 1.67 bits per heavy atom. The second-order valence-electron chi connectivity index (χ2n) is 5.18. The third kappa shape index (κ3) is 0.939. The Morgan fingerprint density at radius 3 is 1.83 bits per heavy atom. The van der Waals surface area contributed by atoms with Crippen LogP contribution in [0, 0.1) is 10.8 Å². The Hall–Kier alpha value is -0.370. The SMILES string of the molecule is CC1(C)CNC(C)(C=O)C1(C)C. The predicted octanol–water partition coefficient (Wildman–Crippen LogP) is 1.60. The number of carbonyl (C=O) groups is 1. The van der Waals surface area contributed by atoms with Crippen molar-refractivity contribution in [3.8, 4) is 0 Å². The van der Waals surface area contributed by atoms with Crippen LogP contribution in [-0.2, 0) is 4.79 Å². The van der Waals surface area contributed by atoms with Gasteiger partial charge in [-0.2, -0.15) is 0 Å². The zero-order chi connectivity index (χ0) is 9.62. The van der Waals surface area contributed by atoms with E-state index in [1.165, 1.54) is 0 Å². The molecule has 2 nitrogen and oxygen atoms in total. The molecule has 1 aliphatic rings. The van der Waals surface area contributed by atoms with Gasteiger partial charge in [-0.15, -0.1) is 0 Å².